The van der Waals surface area contributed by atoms with Crippen LogP contribution in [0.5, 0.6) is 0 Å². The van der Waals surface area contributed by atoms with Gasteiger partial charge in [-0.3, -0.25) is 4.57 Å². The number of hydrogen-bond donors (Lipinski definition) is 0. The van der Waals surface area contributed by atoms with Crippen molar-refractivity contribution in [2.75, 3.05) is 0 Å². The second kappa shape index (κ2) is 5.83. The molecule has 0 fully saturated rings. The number of alkyl halides is 1. The number of imidazole rings is 1. The lowest BCUT2D eigenvalue weighted by atomic mass is 10.3. The molecule has 0 unspecified atom stereocenters. The molecule has 1 aromatic heterocycles. The normalized spacial score (nSPS) is 11.2. The summed E-state index contributed by atoms with van der Waals surface area (Å²) in [5.41, 5.74) is 2.98. The lowest BCUT2D eigenvalue weighted by molar-refractivity contribution is 0.976. The largest absolute Gasteiger partial charge is 0.294 e. The molecule has 0 amide bonds. The Labute approximate surface area is 148 Å². The molecule has 2 aromatic carbocycles. The number of benzene rings is 2. The molecule has 0 saturated carbocycles. The van der Waals surface area contributed by atoms with E-state index in [2.05, 4.69) is 48.1 Å². The lowest BCUT2D eigenvalue weighted by Gasteiger charge is -2.10. The number of halogens is 4. The van der Waals surface area contributed by atoms with Crippen LogP contribution in [0, 0.1) is 3.57 Å². The lowest BCUT2D eigenvalue weighted by Crippen LogP contribution is -2.01. The third kappa shape index (κ3) is 2.58. The van der Waals surface area contributed by atoms with Crippen LogP contribution in [0.15, 0.2) is 40.9 Å². The predicted molar refractivity (Wildman–Crippen MR) is 96.1 cm³/mol. The Bertz CT molecular complexity index is 801. The van der Waals surface area contributed by atoms with Crippen molar-refractivity contribution in [3.8, 4) is 5.69 Å². The molecule has 0 bridgehead atoms. The Morgan fingerprint density at radius 2 is 2.00 bits per heavy atom. The molecule has 2 nitrogen and oxygen atoms in total. The Hall–Kier alpha value is -0.300. The average Bonchev–Trinajstić information content (AvgIpc) is 2.76. The maximum Gasteiger partial charge on any atom is 0.129 e. The van der Waals surface area contributed by atoms with Gasteiger partial charge in [0.25, 0.3) is 0 Å². The van der Waals surface area contributed by atoms with Gasteiger partial charge in [-0.2, -0.15) is 0 Å². The molecule has 0 aliphatic carbocycles. The van der Waals surface area contributed by atoms with E-state index < -0.39 is 0 Å². The summed E-state index contributed by atoms with van der Waals surface area (Å²) in [5, 5.41) is 0.719. The van der Waals surface area contributed by atoms with Crippen molar-refractivity contribution in [3.05, 3.63) is 55.3 Å². The topological polar surface area (TPSA) is 17.8 Å². The van der Waals surface area contributed by atoms with Crippen molar-refractivity contribution in [3.63, 3.8) is 0 Å². The van der Waals surface area contributed by atoms with Crippen LogP contribution in [-0.4, -0.2) is 9.55 Å². The van der Waals surface area contributed by atoms with Gasteiger partial charge in [0.1, 0.15) is 5.82 Å². The van der Waals surface area contributed by atoms with E-state index in [1.54, 1.807) is 0 Å². The first-order valence-electron chi connectivity index (χ1n) is 5.78. The Morgan fingerprint density at radius 1 is 1.20 bits per heavy atom. The molecule has 0 atom stereocenters. The van der Waals surface area contributed by atoms with Gasteiger partial charge in [0.2, 0.25) is 0 Å². The first-order chi connectivity index (χ1) is 9.60. The zero-order valence-corrected chi connectivity index (χ0v) is 15.3. The quantitative estimate of drug-likeness (QED) is 0.335. The maximum absolute atomic E-state index is 6.05. The van der Waals surface area contributed by atoms with Gasteiger partial charge in [-0.15, -0.1) is 11.6 Å². The van der Waals surface area contributed by atoms with E-state index in [0.29, 0.717) is 5.88 Å². The Kier molecular flexibility index (Phi) is 4.26. The fourth-order valence-electron chi connectivity index (χ4n) is 2.12. The number of fused-ring (bicyclic) bond motifs is 1. The molecule has 6 heteroatoms. The zero-order valence-electron chi connectivity index (χ0n) is 10.1. The summed E-state index contributed by atoms with van der Waals surface area (Å²) >= 11 is 17.9. The molecule has 3 rings (SSSR count). The minimum atomic E-state index is 0.352. The van der Waals surface area contributed by atoms with E-state index in [0.717, 1.165) is 35.6 Å². The summed E-state index contributed by atoms with van der Waals surface area (Å²) in [5.74, 6) is 1.17. The number of rotatable bonds is 2. The first-order valence-corrected chi connectivity index (χ1v) is 8.57. The fourth-order valence-corrected chi connectivity index (χ4v) is 3.76. The van der Waals surface area contributed by atoms with Gasteiger partial charge < -0.3 is 0 Å². The van der Waals surface area contributed by atoms with E-state index in [9.17, 15) is 0 Å². The van der Waals surface area contributed by atoms with Crippen LogP contribution in [-0.2, 0) is 5.88 Å². The Morgan fingerprint density at radius 3 is 2.70 bits per heavy atom. The van der Waals surface area contributed by atoms with Crippen molar-refractivity contribution in [1.29, 1.82) is 0 Å². The van der Waals surface area contributed by atoms with Gasteiger partial charge in [-0.25, -0.2) is 4.98 Å². The van der Waals surface area contributed by atoms with Crippen LogP contribution in [0.3, 0.4) is 0 Å². The zero-order chi connectivity index (χ0) is 14.3. The minimum absolute atomic E-state index is 0.352. The van der Waals surface area contributed by atoms with Crippen molar-refractivity contribution in [2.45, 2.75) is 5.88 Å². The minimum Gasteiger partial charge on any atom is -0.294 e. The van der Waals surface area contributed by atoms with Crippen molar-refractivity contribution >= 4 is 72.8 Å². The summed E-state index contributed by atoms with van der Waals surface area (Å²) in [6.07, 6.45) is 0. The summed E-state index contributed by atoms with van der Waals surface area (Å²) in [6.45, 7) is 0. The van der Waals surface area contributed by atoms with Gasteiger partial charge in [0, 0.05) is 13.1 Å². The molecule has 0 saturated heterocycles. The summed E-state index contributed by atoms with van der Waals surface area (Å²) in [4.78, 5) is 4.59. The van der Waals surface area contributed by atoms with Crippen LogP contribution in [0.4, 0.5) is 0 Å². The van der Waals surface area contributed by atoms with E-state index in [4.69, 9.17) is 23.2 Å². The van der Waals surface area contributed by atoms with Crippen LogP contribution < -0.4 is 0 Å². The number of aromatic nitrogens is 2. The van der Waals surface area contributed by atoms with Crippen LogP contribution in [0.25, 0.3) is 16.7 Å². The van der Waals surface area contributed by atoms with Gasteiger partial charge in [-0.1, -0.05) is 27.5 Å². The highest BCUT2D eigenvalue weighted by molar-refractivity contribution is 14.1. The predicted octanol–water partition coefficient (Wildman–Crippen LogP) is 5.78. The van der Waals surface area contributed by atoms with Gasteiger partial charge in [0.05, 0.1) is 22.6 Å². The summed E-state index contributed by atoms with van der Waals surface area (Å²) in [6, 6.07) is 11.8. The second-order valence-corrected chi connectivity index (χ2v) is 7.01. The molecule has 1 heterocycles. The van der Waals surface area contributed by atoms with E-state index in [-0.39, 0.29) is 0 Å². The highest BCUT2D eigenvalue weighted by Gasteiger charge is 2.14. The molecule has 0 spiro atoms. The molecule has 0 aliphatic rings. The monoisotopic (exact) mass is 480 g/mol. The van der Waals surface area contributed by atoms with Gasteiger partial charge in [0.15, 0.2) is 0 Å². The van der Waals surface area contributed by atoms with Crippen LogP contribution in [0.2, 0.25) is 5.02 Å². The molecule has 0 N–H and O–H groups in total. The second-order valence-electron chi connectivity index (χ2n) is 4.23. The van der Waals surface area contributed by atoms with E-state index >= 15 is 0 Å². The van der Waals surface area contributed by atoms with Crippen LogP contribution in [0.1, 0.15) is 5.82 Å². The molecule has 3 aromatic rings. The van der Waals surface area contributed by atoms with Crippen molar-refractivity contribution in [1.82, 2.24) is 9.55 Å². The first kappa shape index (κ1) is 14.6. The van der Waals surface area contributed by atoms with Crippen LogP contribution >= 0.6 is 61.7 Å². The smallest absolute Gasteiger partial charge is 0.129 e. The SMILES string of the molecule is ClCc1nc2ccc(Br)cc2n1-c1ccc(Cl)cc1I. The van der Waals surface area contributed by atoms with Gasteiger partial charge >= 0.3 is 0 Å². The third-order valence-electron chi connectivity index (χ3n) is 2.96. The van der Waals surface area contributed by atoms with E-state index in [1.165, 1.54) is 0 Å². The molecule has 20 heavy (non-hydrogen) atoms. The summed E-state index contributed by atoms with van der Waals surface area (Å²) in [7, 11) is 0. The van der Waals surface area contributed by atoms with Crippen molar-refractivity contribution in [2.24, 2.45) is 0 Å². The molecular weight excluding hydrogens is 474 g/mol. The number of nitrogens with zero attached hydrogens (tertiary/aromatic N) is 2. The summed E-state index contributed by atoms with van der Waals surface area (Å²) < 4.78 is 4.14. The third-order valence-corrected chi connectivity index (χ3v) is 4.79. The molecule has 102 valence electrons. The maximum atomic E-state index is 6.05. The average molecular weight is 482 g/mol. The number of hydrogen-bond acceptors (Lipinski definition) is 1. The van der Waals surface area contributed by atoms with E-state index in [1.807, 2.05) is 36.4 Å². The molecular formula is C14H8BrCl2IN2. The fraction of sp³-hybridized carbons (Fsp3) is 0.0714. The van der Waals surface area contributed by atoms with Crippen molar-refractivity contribution < 1.29 is 0 Å². The highest BCUT2D eigenvalue weighted by Crippen LogP contribution is 2.29. The Balaban J connectivity index is 2.36. The standard InChI is InChI=1S/C14H8BrCl2IN2/c15-8-1-3-11-13(5-8)20(14(7-16)19-11)12-4-2-9(17)6-10(12)18/h1-6H,7H2. The molecule has 0 aliphatic heterocycles. The van der Waals surface area contributed by atoms with Gasteiger partial charge in [-0.05, 0) is 59.0 Å². The molecule has 0 radical (unpaired) electrons. The highest BCUT2D eigenvalue weighted by atomic mass is 127.